The minimum atomic E-state index is -0.292. The topological polar surface area (TPSA) is 50.7 Å². The number of ether oxygens (including phenoxy) is 1. The van der Waals surface area contributed by atoms with Crippen molar-refractivity contribution in [2.75, 3.05) is 6.61 Å². The maximum absolute atomic E-state index is 12.3. The number of fused-ring (bicyclic) bond motifs is 2. The van der Waals surface area contributed by atoms with Crippen molar-refractivity contribution in [2.24, 2.45) is 5.10 Å². The molecule has 0 aliphatic rings. The number of nitrogens with zero attached hydrogens (tertiary/aromatic N) is 1. The van der Waals surface area contributed by atoms with E-state index < -0.39 is 0 Å². The van der Waals surface area contributed by atoms with E-state index >= 15 is 0 Å². The molecule has 156 valence electrons. The number of carbonyl (C=O) groups excluding carboxylic acids is 1. The van der Waals surface area contributed by atoms with Gasteiger partial charge in [0.15, 0.2) is 6.61 Å². The summed E-state index contributed by atoms with van der Waals surface area (Å²) in [4.78, 5) is 12.3. The van der Waals surface area contributed by atoms with Gasteiger partial charge < -0.3 is 4.74 Å². The molecule has 1 N–H and O–H groups in total. The number of benzene rings is 4. The number of nitrogens with one attached hydrogen (secondary N) is 1. The summed E-state index contributed by atoms with van der Waals surface area (Å²) in [6, 6.07) is 26.4. The maximum Gasteiger partial charge on any atom is 0.277 e. The van der Waals surface area contributed by atoms with Crippen LogP contribution in [0.1, 0.15) is 37.3 Å². The Morgan fingerprint density at radius 2 is 1.58 bits per heavy atom. The summed E-state index contributed by atoms with van der Waals surface area (Å²) in [6.07, 6.45) is 2.73. The van der Waals surface area contributed by atoms with Crippen LogP contribution in [0.2, 0.25) is 0 Å². The molecule has 0 saturated heterocycles. The summed E-state index contributed by atoms with van der Waals surface area (Å²) >= 11 is 0. The minimum Gasteiger partial charge on any atom is -0.483 e. The molecule has 4 rings (SSSR count). The smallest absolute Gasteiger partial charge is 0.277 e. The fourth-order valence-electron chi connectivity index (χ4n) is 3.77. The van der Waals surface area contributed by atoms with Crippen LogP contribution >= 0.6 is 0 Å². The lowest BCUT2D eigenvalue weighted by atomic mass is 9.97. The number of hydrazone groups is 1. The first-order valence-electron chi connectivity index (χ1n) is 10.6. The van der Waals surface area contributed by atoms with Gasteiger partial charge in [0.1, 0.15) is 5.75 Å². The van der Waals surface area contributed by atoms with Crippen LogP contribution in [0, 0.1) is 0 Å². The van der Waals surface area contributed by atoms with Gasteiger partial charge in [-0.25, -0.2) is 5.43 Å². The summed E-state index contributed by atoms with van der Waals surface area (Å²) in [5, 5.41) is 8.69. The van der Waals surface area contributed by atoms with Crippen molar-refractivity contribution in [3.05, 3.63) is 90.0 Å². The molecule has 4 aromatic carbocycles. The van der Waals surface area contributed by atoms with Crippen LogP contribution in [0.4, 0.5) is 0 Å². The highest BCUT2D eigenvalue weighted by Gasteiger charge is 2.11. The maximum atomic E-state index is 12.3. The minimum absolute atomic E-state index is 0.0823. The summed E-state index contributed by atoms with van der Waals surface area (Å²) in [5.74, 6) is 0.827. The quantitative estimate of drug-likeness (QED) is 0.230. The predicted molar refractivity (Wildman–Crippen MR) is 128 cm³/mol. The van der Waals surface area contributed by atoms with Crippen molar-refractivity contribution in [1.29, 1.82) is 0 Å². The average Bonchev–Trinajstić information content (AvgIpc) is 2.82. The van der Waals surface area contributed by atoms with E-state index in [1.165, 1.54) is 0 Å². The number of para-hydroxylation sites is 1. The average molecular weight is 411 g/mol. The zero-order chi connectivity index (χ0) is 21.6. The highest BCUT2D eigenvalue weighted by Crippen LogP contribution is 2.29. The molecular formula is C27H26N2O2. The first kappa shape index (κ1) is 20.6. The Hall–Kier alpha value is -3.66. The van der Waals surface area contributed by atoms with Gasteiger partial charge in [-0.15, -0.1) is 0 Å². The van der Waals surface area contributed by atoms with Gasteiger partial charge in [0, 0.05) is 5.56 Å². The molecule has 0 aromatic heterocycles. The molecule has 1 atom stereocenters. The van der Waals surface area contributed by atoms with Crippen molar-refractivity contribution < 1.29 is 9.53 Å². The molecule has 0 saturated carbocycles. The van der Waals surface area contributed by atoms with Gasteiger partial charge in [-0.2, -0.15) is 5.10 Å². The molecule has 0 fully saturated rings. The molecule has 4 nitrogen and oxygen atoms in total. The van der Waals surface area contributed by atoms with E-state index in [2.05, 4.69) is 54.7 Å². The lowest BCUT2D eigenvalue weighted by Crippen LogP contribution is -2.25. The number of carbonyl (C=O) groups is 1. The Bertz CT molecular complexity index is 1190. The van der Waals surface area contributed by atoms with Crippen LogP contribution in [-0.4, -0.2) is 18.7 Å². The molecule has 4 aromatic rings. The molecule has 0 aliphatic carbocycles. The van der Waals surface area contributed by atoms with E-state index in [0.29, 0.717) is 5.92 Å². The SMILES string of the molecule is CCC(C)c1ccccc1OCC(=O)NN=Cc1c2ccccc2cc2ccccc12. The second-order valence-electron chi connectivity index (χ2n) is 7.66. The summed E-state index contributed by atoms with van der Waals surface area (Å²) in [5.41, 5.74) is 4.70. The summed E-state index contributed by atoms with van der Waals surface area (Å²) in [7, 11) is 0. The van der Waals surface area contributed by atoms with E-state index in [1.807, 2.05) is 48.5 Å². The number of hydrogen-bond acceptors (Lipinski definition) is 3. The summed E-state index contributed by atoms with van der Waals surface area (Å²) in [6.45, 7) is 4.21. The number of rotatable bonds is 7. The molecule has 0 spiro atoms. The monoisotopic (exact) mass is 410 g/mol. The zero-order valence-electron chi connectivity index (χ0n) is 17.8. The molecule has 0 bridgehead atoms. The lowest BCUT2D eigenvalue weighted by molar-refractivity contribution is -0.123. The molecule has 0 aliphatic heterocycles. The number of hydrogen-bond donors (Lipinski definition) is 1. The van der Waals surface area contributed by atoms with Gasteiger partial charge in [-0.3, -0.25) is 4.79 Å². The fraction of sp³-hybridized carbons (Fsp3) is 0.185. The third-order valence-corrected chi connectivity index (χ3v) is 5.62. The van der Waals surface area contributed by atoms with Gasteiger partial charge >= 0.3 is 0 Å². The van der Waals surface area contributed by atoms with Crippen LogP contribution in [0.5, 0.6) is 5.75 Å². The van der Waals surface area contributed by atoms with Crippen molar-refractivity contribution in [3.63, 3.8) is 0 Å². The first-order chi connectivity index (χ1) is 15.2. The first-order valence-corrected chi connectivity index (χ1v) is 10.6. The van der Waals surface area contributed by atoms with Crippen molar-refractivity contribution in [3.8, 4) is 5.75 Å². The van der Waals surface area contributed by atoms with Gasteiger partial charge in [-0.05, 0) is 51.6 Å². The van der Waals surface area contributed by atoms with Crippen LogP contribution in [0.3, 0.4) is 0 Å². The van der Waals surface area contributed by atoms with Crippen LogP contribution < -0.4 is 10.2 Å². The third-order valence-electron chi connectivity index (χ3n) is 5.62. The van der Waals surface area contributed by atoms with Crippen LogP contribution in [0.25, 0.3) is 21.5 Å². The van der Waals surface area contributed by atoms with Crippen molar-refractivity contribution in [2.45, 2.75) is 26.2 Å². The molecular weight excluding hydrogens is 384 g/mol. The van der Waals surface area contributed by atoms with Crippen LogP contribution in [0.15, 0.2) is 84.0 Å². The Labute approximate surface area is 182 Å². The fourth-order valence-corrected chi connectivity index (χ4v) is 3.77. The van der Waals surface area contributed by atoms with E-state index in [9.17, 15) is 4.79 Å². The Kier molecular flexibility index (Phi) is 6.27. The van der Waals surface area contributed by atoms with E-state index in [1.54, 1.807) is 6.21 Å². The highest BCUT2D eigenvalue weighted by atomic mass is 16.5. The second-order valence-corrected chi connectivity index (χ2v) is 7.66. The van der Waals surface area contributed by atoms with Gasteiger partial charge in [-0.1, -0.05) is 80.6 Å². The molecule has 4 heteroatoms. The normalized spacial score (nSPS) is 12.3. The Balaban J connectivity index is 1.49. The Morgan fingerprint density at radius 3 is 2.26 bits per heavy atom. The predicted octanol–water partition coefficient (Wildman–Crippen LogP) is 6.04. The third kappa shape index (κ3) is 4.58. The molecule has 31 heavy (non-hydrogen) atoms. The molecule has 0 heterocycles. The second kappa shape index (κ2) is 9.43. The van der Waals surface area contributed by atoms with E-state index in [-0.39, 0.29) is 12.5 Å². The van der Waals surface area contributed by atoms with Gasteiger partial charge in [0.25, 0.3) is 5.91 Å². The standard InChI is InChI=1S/C27H26N2O2/c1-3-19(2)22-12-8-9-15-26(22)31-18-27(30)29-28-17-25-23-13-6-4-10-20(23)16-21-11-5-7-14-24(21)25/h4-17,19H,3,18H2,1-2H3,(H,29,30). The van der Waals surface area contributed by atoms with E-state index in [0.717, 1.165) is 44.8 Å². The largest absolute Gasteiger partial charge is 0.483 e. The molecule has 1 amide bonds. The lowest BCUT2D eigenvalue weighted by Gasteiger charge is -2.15. The Morgan fingerprint density at radius 1 is 0.968 bits per heavy atom. The summed E-state index contributed by atoms with van der Waals surface area (Å²) < 4.78 is 5.78. The molecule has 0 radical (unpaired) electrons. The number of amides is 1. The van der Waals surface area contributed by atoms with E-state index in [4.69, 9.17) is 4.74 Å². The zero-order valence-corrected chi connectivity index (χ0v) is 17.8. The highest BCUT2D eigenvalue weighted by molar-refractivity contribution is 6.13. The molecule has 1 unspecified atom stereocenters. The van der Waals surface area contributed by atoms with Crippen molar-refractivity contribution >= 4 is 33.7 Å². The van der Waals surface area contributed by atoms with Crippen LogP contribution in [-0.2, 0) is 4.79 Å². The van der Waals surface area contributed by atoms with Gasteiger partial charge in [0.2, 0.25) is 0 Å². The van der Waals surface area contributed by atoms with Gasteiger partial charge in [0.05, 0.1) is 6.21 Å². The van der Waals surface area contributed by atoms with Crippen molar-refractivity contribution in [1.82, 2.24) is 5.43 Å².